The van der Waals surface area contributed by atoms with Crippen LogP contribution in [0.2, 0.25) is 0 Å². The Balaban J connectivity index is 2.10. The minimum atomic E-state index is -0.270. The fourth-order valence-electron chi connectivity index (χ4n) is 1.38. The molecule has 0 spiro atoms. The van der Waals surface area contributed by atoms with E-state index in [1.807, 2.05) is 0 Å². The Morgan fingerprint density at radius 2 is 2.29 bits per heavy atom. The van der Waals surface area contributed by atoms with E-state index in [9.17, 15) is 4.39 Å². The monoisotopic (exact) mass is 189 g/mol. The van der Waals surface area contributed by atoms with Gasteiger partial charge in [0, 0.05) is 18.2 Å². The number of benzene rings is 1. The SMILES string of the molecule is C#Cc1cc(F)ccc1CNC1CC1. The van der Waals surface area contributed by atoms with E-state index in [1.165, 1.54) is 25.0 Å². The molecule has 0 saturated heterocycles. The van der Waals surface area contributed by atoms with Crippen molar-refractivity contribution < 1.29 is 4.39 Å². The first kappa shape index (κ1) is 9.23. The van der Waals surface area contributed by atoms with E-state index in [1.54, 1.807) is 6.07 Å². The van der Waals surface area contributed by atoms with Crippen molar-refractivity contribution in [2.75, 3.05) is 0 Å². The quantitative estimate of drug-likeness (QED) is 0.718. The summed E-state index contributed by atoms with van der Waals surface area (Å²) in [5, 5.41) is 3.35. The summed E-state index contributed by atoms with van der Waals surface area (Å²) in [5.74, 6) is 2.23. The Bertz CT molecular complexity index is 374. The number of hydrogen-bond donors (Lipinski definition) is 1. The van der Waals surface area contributed by atoms with Crippen LogP contribution >= 0.6 is 0 Å². The fraction of sp³-hybridized carbons (Fsp3) is 0.333. The lowest BCUT2D eigenvalue weighted by Gasteiger charge is -2.05. The second kappa shape index (κ2) is 3.81. The van der Waals surface area contributed by atoms with Gasteiger partial charge in [0.05, 0.1) is 0 Å². The van der Waals surface area contributed by atoms with Crippen molar-refractivity contribution in [1.82, 2.24) is 5.32 Å². The smallest absolute Gasteiger partial charge is 0.124 e. The van der Waals surface area contributed by atoms with E-state index < -0.39 is 0 Å². The van der Waals surface area contributed by atoms with Crippen LogP contribution in [-0.4, -0.2) is 6.04 Å². The van der Waals surface area contributed by atoms with Gasteiger partial charge in [0.2, 0.25) is 0 Å². The zero-order valence-electron chi connectivity index (χ0n) is 7.89. The van der Waals surface area contributed by atoms with E-state index in [2.05, 4.69) is 11.2 Å². The van der Waals surface area contributed by atoms with Crippen LogP contribution in [0, 0.1) is 18.2 Å². The highest BCUT2D eigenvalue weighted by molar-refractivity contribution is 5.40. The molecule has 0 bridgehead atoms. The van der Waals surface area contributed by atoms with Crippen LogP contribution < -0.4 is 5.32 Å². The lowest BCUT2D eigenvalue weighted by Crippen LogP contribution is -2.16. The lowest BCUT2D eigenvalue weighted by molar-refractivity contribution is 0.624. The molecule has 2 heteroatoms. The Labute approximate surface area is 83.3 Å². The van der Waals surface area contributed by atoms with Crippen molar-refractivity contribution in [3.63, 3.8) is 0 Å². The summed E-state index contributed by atoms with van der Waals surface area (Å²) in [6.07, 6.45) is 7.78. The van der Waals surface area contributed by atoms with Gasteiger partial charge in [0.15, 0.2) is 0 Å². The third kappa shape index (κ3) is 2.12. The number of halogens is 1. The summed E-state index contributed by atoms with van der Waals surface area (Å²) in [6, 6.07) is 5.25. The largest absolute Gasteiger partial charge is 0.310 e. The van der Waals surface area contributed by atoms with Crippen LogP contribution in [0.4, 0.5) is 4.39 Å². The van der Waals surface area contributed by atoms with Gasteiger partial charge in [0.1, 0.15) is 5.82 Å². The van der Waals surface area contributed by atoms with Gasteiger partial charge in [0.25, 0.3) is 0 Å². The van der Waals surface area contributed by atoms with Gasteiger partial charge >= 0.3 is 0 Å². The van der Waals surface area contributed by atoms with E-state index in [0.717, 1.165) is 12.1 Å². The maximum atomic E-state index is 12.8. The molecule has 0 unspecified atom stereocenters. The molecule has 1 saturated carbocycles. The minimum absolute atomic E-state index is 0.270. The Morgan fingerprint density at radius 1 is 1.50 bits per heavy atom. The highest BCUT2D eigenvalue weighted by atomic mass is 19.1. The van der Waals surface area contributed by atoms with Gasteiger partial charge in [-0.1, -0.05) is 12.0 Å². The van der Waals surface area contributed by atoms with Gasteiger partial charge in [-0.2, -0.15) is 0 Å². The molecule has 1 aliphatic rings. The fourth-order valence-corrected chi connectivity index (χ4v) is 1.38. The third-order valence-electron chi connectivity index (χ3n) is 2.39. The molecule has 72 valence electrons. The molecule has 2 rings (SSSR count). The molecular weight excluding hydrogens is 177 g/mol. The van der Waals surface area contributed by atoms with Crippen molar-refractivity contribution in [3.05, 3.63) is 35.1 Å². The highest BCUT2D eigenvalue weighted by Crippen LogP contribution is 2.20. The molecule has 1 fully saturated rings. The van der Waals surface area contributed by atoms with Crippen LogP contribution in [-0.2, 0) is 6.54 Å². The molecule has 1 aliphatic carbocycles. The van der Waals surface area contributed by atoms with Crippen molar-refractivity contribution in [2.24, 2.45) is 0 Å². The molecule has 1 N–H and O–H groups in total. The third-order valence-corrected chi connectivity index (χ3v) is 2.39. The van der Waals surface area contributed by atoms with Crippen LogP contribution in [0.25, 0.3) is 0 Å². The summed E-state index contributed by atoms with van der Waals surface area (Å²) < 4.78 is 12.8. The van der Waals surface area contributed by atoms with Crippen molar-refractivity contribution in [2.45, 2.75) is 25.4 Å². The van der Waals surface area contributed by atoms with E-state index >= 15 is 0 Å². The maximum absolute atomic E-state index is 12.8. The maximum Gasteiger partial charge on any atom is 0.124 e. The van der Waals surface area contributed by atoms with Gasteiger partial charge in [-0.05, 0) is 30.5 Å². The molecule has 0 radical (unpaired) electrons. The molecule has 1 nitrogen and oxygen atoms in total. The van der Waals surface area contributed by atoms with Gasteiger partial charge in [-0.15, -0.1) is 6.42 Å². The summed E-state index contributed by atoms with van der Waals surface area (Å²) in [5.41, 5.74) is 1.65. The summed E-state index contributed by atoms with van der Waals surface area (Å²) in [7, 11) is 0. The molecule has 0 aromatic heterocycles. The Kier molecular flexibility index (Phi) is 2.51. The summed E-state index contributed by atoms with van der Waals surface area (Å²) in [6.45, 7) is 0.741. The molecule has 0 amide bonds. The van der Waals surface area contributed by atoms with Gasteiger partial charge < -0.3 is 5.32 Å². The zero-order valence-corrected chi connectivity index (χ0v) is 7.89. The van der Waals surface area contributed by atoms with Crippen molar-refractivity contribution in [3.8, 4) is 12.3 Å². The van der Waals surface area contributed by atoms with Crippen LogP contribution in [0.3, 0.4) is 0 Å². The van der Waals surface area contributed by atoms with Crippen molar-refractivity contribution >= 4 is 0 Å². The molecular formula is C12H12FN. The van der Waals surface area contributed by atoms with Crippen LogP contribution in [0.15, 0.2) is 18.2 Å². The number of hydrogen-bond acceptors (Lipinski definition) is 1. The minimum Gasteiger partial charge on any atom is -0.310 e. The number of terminal acetylenes is 1. The summed E-state index contributed by atoms with van der Waals surface area (Å²) >= 11 is 0. The first-order chi connectivity index (χ1) is 6.79. The number of rotatable bonds is 3. The molecule has 14 heavy (non-hydrogen) atoms. The van der Waals surface area contributed by atoms with E-state index in [0.29, 0.717) is 11.6 Å². The predicted molar refractivity (Wildman–Crippen MR) is 54.2 cm³/mol. The second-order valence-electron chi connectivity index (χ2n) is 3.60. The van der Waals surface area contributed by atoms with Crippen LogP contribution in [0.5, 0.6) is 0 Å². The van der Waals surface area contributed by atoms with Crippen molar-refractivity contribution in [1.29, 1.82) is 0 Å². The normalized spacial score (nSPS) is 15.1. The average molecular weight is 189 g/mol. The number of nitrogens with one attached hydrogen (secondary N) is 1. The topological polar surface area (TPSA) is 12.0 Å². The first-order valence-electron chi connectivity index (χ1n) is 4.78. The zero-order chi connectivity index (χ0) is 9.97. The lowest BCUT2D eigenvalue weighted by atomic mass is 10.1. The summed E-state index contributed by atoms with van der Waals surface area (Å²) in [4.78, 5) is 0. The molecule has 0 aliphatic heterocycles. The molecule has 0 heterocycles. The van der Waals surface area contributed by atoms with E-state index in [4.69, 9.17) is 6.42 Å². The Hall–Kier alpha value is -1.33. The van der Waals surface area contributed by atoms with Crippen LogP contribution in [0.1, 0.15) is 24.0 Å². The van der Waals surface area contributed by atoms with Gasteiger partial charge in [-0.25, -0.2) is 4.39 Å². The second-order valence-corrected chi connectivity index (χ2v) is 3.60. The first-order valence-corrected chi connectivity index (χ1v) is 4.78. The van der Waals surface area contributed by atoms with E-state index in [-0.39, 0.29) is 5.82 Å². The van der Waals surface area contributed by atoms with Gasteiger partial charge in [-0.3, -0.25) is 0 Å². The average Bonchev–Trinajstić information content (AvgIpc) is 2.99. The molecule has 0 atom stereocenters. The molecule has 1 aromatic carbocycles. The highest BCUT2D eigenvalue weighted by Gasteiger charge is 2.20. The molecule has 1 aromatic rings. The Morgan fingerprint density at radius 3 is 2.93 bits per heavy atom. The predicted octanol–water partition coefficient (Wildman–Crippen LogP) is 2.06. The standard InChI is InChI=1S/C12H12FN/c1-2-9-7-11(13)4-3-10(9)8-14-12-5-6-12/h1,3-4,7,12,14H,5-6,8H2.